The summed E-state index contributed by atoms with van der Waals surface area (Å²) in [7, 11) is 0. The summed E-state index contributed by atoms with van der Waals surface area (Å²) in [6, 6.07) is 16.1. The number of nitrogens with one attached hydrogen (secondary N) is 1. The molecule has 0 bridgehead atoms. The highest BCUT2D eigenvalue weighted by Gasteiger charge is 2.18. The van der Waals surface area contributed by atoms with Gasteiger partial charge >= 0.3 is 5.97 Å². The van der Waals surface area contributed by atoms with Gasteiger partial charge in [0.2, 0.25) is 0 Å². The highest BCUT2D eigenvalue weighted by Crippen LogP contribution is 2.16. The number of anilines is 1. The van der Waals surface area contributed by atoms with Crippen LogP contribution in [0.25, 0.3) is 0 Å². The number of esters is 1. The Bertz CT molecular complexity index is 641. The van der Waals surface area contributed by atoms with Crippen LogP contribution in [0.3, 0.4) is 0 Å². The number of hydrogen-bond acceptors (Lipinski definition) is 4. The minimum absolute atomic E-state index is 0.361. The van der Waals surface area contributed by atoms with Gasteiger partial charge in [0.05, 0.1) is 5.56 Å². The van der Waals surface area contributed by atoms with Crippen molar-refractivity contribution in [2.45, 2.75) is 17.9 Å². The van der Waals surface area contributed by atoms with Crippen LogP contribution < -0.4 is 5.32 Å². The van der Waals surface area contributed by atoms with E-state index in [9.17, 15) is 9.59 Å². The van der Waals surface area contributed by atoms with Crippen LogP contribution in [-0.2, 0) is 9.53 Å². The van der Waals surface area contributed by atoms with Crippen molar-refractivity contribution in [2.75, 3.05) is 11.6 Å². The highest BCUT2D eigenvalue weighted by atomic mass is 32.2. The Morgan fingerprint density at radius 1 is 1.05 bits per heavy atom. The zero-order valence-corrected chi connectivity index (χ0v) is 13.2. The molecular weight excluding hydrogens is 298 g/mol. The predicted octanol–water partition coefficient (Wildman–Crippen LogP) is 3.59. The number of ether oxygens (including phenoxy) is 1. The number of carbonyl (C=O) groups is 2. The van der Waals surface area contributed by atoms with E-state index in [0.717, 1.165) is 4.90 Å². The second-order valence-electron chi connectivity index (χ2n) is 4.63. The summed E-state index contributed by atoms with van der Waals surface area (Å²) >= 11 is 1.59. The van der Waals surface area contributed by atoms with Gasteiger partial charge in [0, 0.05) is 10.6 Å². The molecule has 114 valence electrons. The van der Waals surface area contributed by atoms with E-state index in [-0.39, 0.29) is 5.91 Å². The number of hydrogen-bond donors (Lipinski definition) is 1. The van der Waals surface area contributed by atoms with Crippen LogP contribution in [0.2, 0.25) is 0 Å². The topological polar surface area (TPSA) is 55.4 Å². The van der Waals surface area contributed by atoms with Crippen molar-refractivity contribution in [3.63, 3.8) is 0 Å². The van der Waals surface area contributed by atoms with Crippen molar-refractivity contribution in [2.24, 2.45) is 0 Å². The summed E-state index contributed by atoms with van der Waals surface area (Å²) in [6.45, 7) is 1.55. The molecule has 22 heavy (non-hydrogen) atoms. The maximum absolute atomic E-state index is 12.0. The number of para-hydroxylation sites is 1. The molecule has 1 amide bonds. The molecule has 0 radical (unpaired) electrons. The molecule has 2 aromatic carbocycles. The van der Waals surface area contributed by atoms with E-state index in [1.165, 1.54) is 0 Å². The standard InChI is InChI=1S/C17H17NO3S/c1-12(16(19)18-14-6-4-3-5-7-14)21-17(20)13-8-10-15(22-2)11-9-13/h3-12H,1-2H3,(H,18,19)/t12-/m1/s1. The number of thioether (sulfide) groups is 1. The van der Waals surface area contributed by atoms with Crippen molar-refractivity contribution in [1.29, 1.82) is 0 Å². The molecule has 0 aromatic heterocycles. The Kier molecular flexibility index (Phi) is 5.61. The van der Waals surface area contributed by atoms with E-state index < -0.39 is 12.1 Å². The summed E-state index contributed by atoms with van der Waals surface area (Å²) in [5, 5.41) is 2.70. The molecule has 0 aliphatic heterocycles. The first-order valence-electron chi connectivity index (χ1n) is 6.81. The minimum Gasteiger partial charge on any atom is -0.449 e. The van der Waals surface area contributed by atoms with Gasteiger partial charge in [0.25, 0.3) is 5.91 Å². The van der Waals surface area contributed by atoms with Crippen molar-refractivity contribution >= 4 is 29.3 Å². The summed E-state index contributed by atoms with van der Waals surface area (Å²) in [5.41, 5.74) is 1.09. The molecule has 0 fully saturated rings. The van der Waals surface area contributed by atoms with Gasteiger partial charge in [-0.3, -0.25) is 4.79 Å². The van der Waals surface area contributed by atoms with Crippen molar-refractivity contribution in [3.05, 3.63) is 60.2 Å². The molecule has 0 unspecified atom stereocenters. The van der Waals surface area contributed by atoms with Gasteiger partial charge in [0.15, 0.2) is 6.10 Å². The number of amides is 1. The molecule has 0 spiro atoms. The Hall–Kier alpha value is -2.27. The van der Waals surface area contributed by atoms with E-state index in [1.54, 1.807) is 43.0 Å². The lowest BCUT2D eigenvalue weighted by Crippen LogP contribution is -2.29. The van der Waals surface area contributed by atoms with Gasteiger partial charge < -0.3 is 10.1 Å². The summed E-state index contributed by atoms with van der Waals surface area (Å²) in [5.74, 6) is -0.872. The Labute approximate surface area is 133 Å². The highest BCUT2D eigenvalue weighted by molar-refractivity contribution is 7.98. The SMILES string of the molecule is CSc1ccc(C(=O)O[C@H](C)C(=O)Nc2ccccc2)cc1. The van der Waals surface area contributed by atoms with Crippen LogP contribution in [0.1, 0.15) is 17.3 Å². The minimum atomic E-state index is -0.868. The fourth-order valence-electron chi connectivity index (χ4n) is 1.77. The normalized spacial score (nSPS) is 11.5. The third-order valence-electron chi connectivity index (χ3n) is 3.02. The fraction of sp³-hybridized carbons (Fsp3) is 0.176. The number of carbonyl (C=O) groups excluding carboxylic acids is 2. The monoisotopic (exact) mass is 315 g/mol. The smallest absolute Gasteiger partial charge is 0.338 e. The molecule has 0 aliphatic rings. The molecule has 5 heteroatoms. The van der Waals surface area contributed by atoms with Gasteiger partial charge in [0.1, 0.15) is 0 Å². The van der Waals surface area contributed by atoms with Gasteiger partial charge in [-0.25, -0.2) is 4.79 Å². The van der Waals surface area contributed by atoms with Crippen molar-refractivity contribution in [3.8, 4) is 0 Å². The first-order chi connectivity index (χ1) is 10.6. The van der Waals surface area contributed by atoms with E-state index in [2.05, 4.69) is 5.32 Å². The summed E-state index contributed by atoms with van der Waals surface area (Å²) < 4.78 is 5.19. The van der Waals surface area contributed by atoms with Crippen molar-refractivity contribution in [1.82, 2.24) is 0 Å². The van der Waals surface area contributed by atoms with Gasteiger partial charge in [-0.05, 0) is 49.6 Å². The molecule has 1 N–H and O–H groups in total. The molecule has 0 saturated heterocycles. The van der Waals surface area contributed by atoms with Crippen LogP contribution in [0.4, 0.5) is 5.69 Å². The molecular formula is C17H17NO3S. The van der Waals surface area contributed by atoms with E-state index in [1.807, 2.05) is 36.6 Å². The number of rotatable bonds is 5. The molecule has 0 aliphatic carbocycles. The maximum Gasteiger partial charge on any atom is 0.338 e. The fourth-order valence-corrected chi connectivity index (χ4v) is 2.18. The van der Waals surface area contributed by atoms with Crippen LogP contribution in [-0.4, -0.2) is 24.2 Å². The molecule has 4 nitrogen and oxygen atoms in total. The van der Waals surface area contributed by atoms with Gasteiger partial charge in [-0.1, -0.05) is 18.2 Å². The zero-order valence-electron chi connectivity index (χ0n) is 12.4. The average molecular weight is 315 g/mol. The third-order valence-corrected chi connectivity index (χ3v) is 3.76. The summed E-state index contributed by atoms with van der Waals surface area (Å²) in [6.07, 6.45) is 1.09. The largest absolute Gasteiger partial charge is 0.449 e. The Morgan fingerprint density at radius 2 is 1.68 bits per heavy atom. The predicted molar refractivity (Wildman–Crippen MR) is 88.2 cm³/mol. The molecule has 0 saturated carbocycles. The lowest BCUT2D eigenvalue weighted by molar-refractivity contribution is -0.123. The lowest BCUT2D eigenvalue weighted by Gasteiger charge is -2.13. The van der Waals surface area contributed by atoms with Gasteiger partial charge in [-0.15, -0.1) is 11.8 Å². The first-order valence-corrected chi connectivity index (χ1v) is 8.03. The lowest BCUT2D eigenvalue weighted by atomic mass is 10.2. The average Bonchev–Trinajstić information content (AvgIpc) is 2.55. The first kappa shape index (κ1) is 16.1. The Morgan fingerprint density at radius 3 is 2.27 bits per heavy atom. The van der Waals surface area contributed by atoms with Crippen LogP contribution in [0.15, 0.2) is 59.5 Å². The Balaban J connectivity index is 1.93. The van der Waals surface area contributed by atoms with Crippen LogP contribution >= 0.6 is 11.8 Å². The molecule has 2 rings (SSSR count). The molecule has 2 aromatic rings. The zero-order chi connectivity index (χ0) is 15.9. The third kappa shape index (κ3) is 4.36. The van der Waals surface area contributed by atoms with Crippen LogP contribution in [0, 0.1) is 0 Å². The second-order valence-corrected chi connectivity index (χ2v) is 5.51. The molecule has 1 atom stereocenters. The quantitative estimate of drug-likeness (QED) is 0.676. The van der Waals surface area contributed by atoms with E-state index in [4.69, 9.17) is 4.74 Å². The van der Waals surface area contributed by atoms with Crippen molar-refractivity contribution < 1.29 is 14.3 Å². The van der Waals surface area contributed by atoms with E-state index >= 15 is 0 Å². The second kappa shape index (κ2) is 7.66. The van der Waals surface area contributed by atoms with Gasteiger partial charge in [-0.2, -0.15) is 0 Å². The van der Waals surface area contributed by atoms with Crippen LogP contribution in [0.5, 0.6) is 0 Å². The summed E-state index contributed by atoms with van der Waals surface area (Å²) in [4.78, 5) is 25.1. The van der Waals surface area contributed by atoms with E-state index in [0.29, 0.717) is 11.3 Å². The number of benzene rings is 2. The molecule has 0 heterocycles. The maximum atomic E-state index is 12.0.